The van der Waals surface area contributed by atoms with Crippen molar-refractivity contribution in [2.45, 2.75) is 18.4 Å². The maximum absolute atomic E-state index is 2.34. The average molecular weight is 262 g/mol. The lowest BCUT2D eigenvalue weighted by molar-refractivity contribution is 1.38. The van der Waals surface area contributed by atoms with Crippen LogP contribution < -0.4 is 0 Å². The van der Waals surface area contributed by atoms with Crippen molar-refractivity contribution >= 4 is 23.5 Å². The number of hydrogen-bond acceptors (Lipinski definition) is 2. The van der Waals surface area contributed by atoms with Gasteiger partial charge in [-0.3, -0.25) is 0 Å². The zero-order chi connectivity index (χ0) is 12.4. The van der Waals surface area contributed by atoms with Gasteiger partial charge in [-0.25, -0.2) is 0 Å². The second kappa shape index (κ2) is 5.36. The summed E-state index contributed by atoms with van der Waals surface area (Å²) in [6.45, 7) is 4.39. The monoisotopic (exact) mass is 262 g/mol. The summed E-state index contributed by atoms with van der Waals surface area (Å²) in [5.74, 6) is 0. The van der Waals surface area contributed by atoms with Crippen LogP contribution in [0, 0.1) is 13.8 Å². The molecule has 0 heterocycles. The van der Waals surface area contributed by atoms with Crippen molar-refractivity contribution in [1.82, 2.24) is 0 Å². The molecule has 0 bridgehead atoms. The molecule has 0 saturated carbocycles. The molecule has 90 valence electrons. The highest BCUT2D eigenvalue weighted by Gasteiger charge is 2.16. The summed E-state index contributed by atoms with van der Waals surface area (Å²) in [4.78, 5) is 0. The SMILES string of the molecule is CSC(SC)c1cc(C)cc(C)c2cccc1-2. The van der Waals surface area contributed by atoms with Crippen molar-refractivity contribution in [2.24, 2.45) is 0 Å². The maximum atomic E-state index is 2.34. The molecule has 0 unspecified atom stereocenters. The fourth-order valence-electron chi connectivity index (χ4n) is 2.34. The second-order valence-electron chi connectivity index (χ2n) is 4.33. The number of fused-ring (bicyclic) bond motifs is 1. The summed E-state index contributed by atoms with van der Waals surface area (Å²) in [6.07, 6.45) is 4.37. The van der Waals surface area contributed by atoms with Gasteiger partial charge in [0.05, 0.1) is 4.58 Å². The van der Waals surface area contributed by atoms with Gasteiger partial charge in [-0.2, -0.15) is 0 Å². The Morgan fingerprint density at radius 1 is 0.941 bits per heavy atom. The van der Waals surface area contributed by atoms with Crippen LogP contribution in [0.15, 0.2) is 30.3 Å². The highest BCUT2D eigenvalue weighted by molar-refractivity contribution is 8.15. The predicted molar refractivity (Wildman–Crippen MR) is 82.3 cm³/mol. The van der Waals surface area contributed by atoms with E-state index in [0.717, 1.165) is 0 Å². The van der Waals surface area contributed by atoms with E-state index in [9.17, 15) is 0 Å². The van der Waals surface area contributed by atoms with Gasteiger partial charge in [0.25, 0.3) is 0 Å². The summed E-state index contributed by atoms with van der Waals surface area (Å²) in [6, 6.07) is 11.3. The normalized spacial score (nSPS) is 11.4. The van der Waals surface area contributed by atoms with E-state index < -0.39 is 0 Å². The molecule has 2 aliphatic rings. The van der Waals surface area contributed by atoms with Crippen molar-refractivity contribution in [1.29, 1.82) is 0 Å². The first-order chi connectivity index (χ1) is 8.17. The van der Waals surface area contributed by atoms with Crippen LogP contribution in [0.2, 0.25) is 0 Å². The van der Waals surface area contributed by atoms with Gasteiger partial charge in [0.15, 0.2) is 0 Å². The number of thioether (sulfide) groups is 2. The average Bonchev–Trinajstić information content (AvgIpc) is 2.73. The van der Waals surface area contributed by atoms with Crippen molar-refractivity contribution in [3.63, 3.8) is 0 Å². The highest BCUT2D eigenvalue weighted by atomic mass is 32.2. The molecule has 0 atom stereocenters. The summed E-state index contributed by atoms with van der Waals surface area (Å²) in [5.41, 5.74) is 6.97. The third-order valence-corrected chi connectivity index (χ3v) is 5.58. The first-order valence-electron chi connectivity index (χ1n) is 5.73. The standard InChI is InChI=1S/C15H18S2/c1-10-8-11(2)12-6-5-7-13(12)14(9-10)15(16-3)17-4/h5-9,15H,1-4H3. The van der Waals surface area contributed by atoms with E-state index in [2.05, 4.69) is 56.7 Å². The van der Waals surface area contributed by atoms with Gasteiger partial charge in [0.1, 0.15) is 0 Å². The zero-order valence-corrected chi connectivity index (χ0v) is 12.4. The lowest BCUT2D eigenvalue weighted by Gasteiger charge is -2.14. The van der Waals surface area contributed by atoms with Crippen molar-refractivity contribution in [3.05, 3.63) is 47.0 Å². The van der Waals surface area contributed by atoms with E-state index in [1.807, 2.05) is 23.5 Å². The quantitative estimate of drug-likeness (QED) is 0.703. The van der Waals surface area contributed by atoms with E-state index in [0.29, 0.717) is 4.58 Å². The Hall–Kier alpha value is -0.600. The molecule has 0 radical (unpaired) electrons. The minimum Gasteiger partial charge on any atom is -0.146 e. The molecule has 0 aromatic carbocycles. The first-order valence-corrected chi connectivity index (χ1v) is 8.30. The molecule has 0 N–H and O–H groups in total. The zero-order valence-electron chi connectivity index (χ0n) is 10.8. The molecule has 0 aromatic heterocycles. The third kappa shape index (κ3) is 2.48. The van der Waals surface area contributed by atoms with E-state index >= 15 is 0 Å². The molecule has 17 heavy (non-hydrogen) atoms. The van der Waals surface area contributed by atoms with Gasteiger partial charge in [-0.05, 0) is 48.6 Å². The van der Waals surface area contributed by atoms with E-state index in [4.69, 9.17) is 0 Å². The predicted octanol–water partition coefficient (Wildman–Crippen LogP) is 5.13. The summed E-state index contributed by atoms with van der Waals surface area (Å²) in [7, 11) is 0. The van der Waals surface area contributed by atoms with Crippen LogP contribution in [-0.2, 0) is 0 Å². The molecule has 2 aliphatic carbocycles. The summed E-state index contributed by atoms with van der Waals surface area (Å²) < 4.78 is 0.519. The molecule has 0 aliphatic heterocycles. The lowest BCUT2D eigenvalue weighted by Crippen LogP contribution is -1.89. The van der Waals surface area contributed by atoms with Gasteiger partial charge in [-0.15, -0.1) is 23.5 Å². The fourth-order valence-corrected chi connectivity index (χ4v) is 4.01. The van der Waals surface area contributed by atoms with Crippen LogP contribution in [0.1, 0.15) is 21.3 Å². The Bertz CT molecular complexity index is 487. The minimum atomic E-state index is 0.519. The molecule has 2 heteroatoms. The van der Waals surface area contributed by atoms with Gasteiger partial charge < -0.3 is 0 Å². The van der Waals surface area contributed by atoms with E-state index in [1.54, 1.807) is 0 Å². The van der Waals surface area contributed by atoms with E-state index in [-0.39, 0.29) is 0 Å². The van der Waals surface area contributed by atoms with Crippen LogP contribution in [0.3, 0.4) is 0 Å². The van der Waals surface area contributed by atoms with Crippen LogP contribution in [0.25, 0.3) is 11.1 Å². The maximum Gasteiger partial charge on any atom is 0.0751 e. The van der Waals surface area contributed by atoms with Crippen molar-refractivity contribution < 1.29 is 0 Å². The van der Waals surface area contributed by atoms with Crippen LogP contribution in [0.4, 0.5) is 0 Å². The van der Waals surface area contributed by atoms with Gasteiger partial charge >= 0.3 is 0 Å². The topological polar surface area (TPSA) is 0 Å². The minimum absolute atomic E-state index is 0.519. The summed E-state index contributed by atoms with van der Waals surface area (Å²) in [5, 5.41) is 0. The molecule has 0 amide bonds. The van der Waals surface area contributed by atoms with Crippen molar-refractivity contribution in [2.75, 3.05) is 12.5 Å². The second-order valence-corrected chi connectivity index (χ2v) is 6.51. The fraction of sp³-hybridized carbons (Fsp3) is 0.333. The summed E-state index contributed by atoms with van der Waals surface area (Å²) >= 11 is 3.83. The third-order valence-electron chi connectivity index (χ3n) is 3.06. The van der Waals surface area contributed by atoms with Crippen molar-refractivity contribution in [3.8, 4) is 11.1 Å². The number of hydrogen-bond donors (Lipinski definition) is 0. The van der Waals surface area contributed by atoms with Gasteiger partial charge in [0, 0.05) is 0 Å². The van der Waals surface area contributed by atoms with Crippen LogP contribution >= 0.6 is 23.5 Å². The molecule has 2 rings (SSSR count). The Morgan fingerprint density at radius 3 is 2.24 bits per heavy atom. The number of rotatable bonds is 3. The Kier molecular flexibility index (Phi) is 4.05. The van der Waals surface area contributed by atoms with Gasteiger partial charge in [0.2, 0.25) is 0 Å². The molecule has 0 nitrogen and oxygen atoms in total. The molecule has 0 spiro atoms. The Morgan fingerprint density at radius 2 is 1.59 bits per heavy atom. The lowest BCUT2D eigenvalue weighted by atomic mass is 10.1. The van der Waals surface area contributed by atoms with E-state index in [1.165, 1.54) is 27.8 Å². The smallest absolute Gasteiger partial charge is 0.0751 e. The largest absolute Gasteiger partial charge is 0.146 e. The molecular weight excluding hydrogens is 244 g/mol. The Balaban J connectivity index is 2.67. The van der Waals surface area contributed by atoms with Gasteiger partial charge in [-0.1, -0.05) is 35.9 Å². The first kappa shape index (κ1) is 12.8. The molecule has 0 aromatic rings. The highest BCUT2D eigenvalue weighted by Crippen LogP contribution is 2.42. The molecular formula is C15H18S2. The molecule has 0 fully saturated rings. The van der Waals surface area contributed by atoms with Crippen LogP contribution in [0.5, 0.6) is 0 Å². The molecule has 0 saturated heterocycles. The Labute approximate surface area is 113 Å². The number of aryl methyl sites for hydroxylation is 2. The van der Waals surface area contributed by atoms with Crippen LogP contribution in [-0.4, -0.2) is 12.5 Å².